The number of amides is 3. The van der Waals surface area contributed by atoms with Gasteiger partial charge in [0.15, 0.2) is 0 Å². The summed E-state index contributed by atoms with van der Waals surface area (Å²) in [6.45, 7) is 6.06. The van der Waals surface area contributed by atoms with Crippen LogP contribution >= 0.6 is 0 Å². The monoisotopic (exact) mass is 390 g/mol. The van der Waals surface area contributed by atoms with Crippen molar-refractivity contribution in [3.8, 4) is 0 Å². The summed E-state index contributed by atoms with van der Waals surface area (Å²) in [5, 5.41) is 6.32. The topological polar surface area (TPSA) is 64.7 Å². The molecule has 3 atom stereocenters. The van der Waals surface area contributed by atoms with E-state index in [0.717, 1.165) is 25.3 Å². The Morgan fingerprint density at radius 3 is 2.76 bits per heavy atom. The molecule has 3 fully saturated rings. The molecule has 3 saturated heterocycles. The van der Waals surface area contributed by atoms with E-state index in [1.165, 1.54) is 11.1 Å². The van der Waals surface area contributed by atoms with E-state index in [9.17, 15) is 9.59 Å². The quantitative estimate of drug-likeness (QED) is 0.847. The summed E-state index contributed by atoms with van der Waals surface area (Å²) in [4.78, 5) is 29.4. The Morgan fingerprint density at radius 1 is 1.10 bits per heavy atom. The number of fused-ring (bicyclic) bond motifs is 1. The minimum Gasteiger partial charge on any atom is -0.336 e. The zero-order valence-electron chi connectivity index (χ0n) is 16.6. The molecule has 0 unspecified atom stereocenters. The number of anilines is 1. The summed E-state index contributed by atoms with van der Waals surface area (Å²) in [6, 6.07) is 15.9. The van der Waals surface area contributed by atoms with Gasteiger partial charge in [0.2, 0.25) is 0 Å². The molecule has 150 valence electrons. The number of urea groups is 1. The van der Waals surface area contributed by atoms with E-state index in [2.05, 4.69) is 46.7 Å². The van der Waals surface area contributed by atoms with Crippen molar-refractivity contribution in [1.29, 1.82) is 0 Å². The van der Waals surface area contributed by atoms with Gasteiger partial charge in [0.25, 0.3) is 5.91 Å². The molecule has 5 rings (SSSR count). The highest BCUT2D eigenvalue weighted by Gasteiger charge is 2.47. The zero-order chi connectivity index (χ0) is 20.0. The Morgan fingerprint density at radius 2 is 1.97 bits per heavy atom. The molecule has 3 aliphatic rings. The molecule has 0 spiro atoms. The van der Waals surface area contributed by atoms with E-state index in [-0.39, 0.29) is 18.0 Å². The molecule has 3 aliphatic heterocycles. The third-order valence-corrected chi connectivity index (χ3v) is 6.59. The molecule has 3 heterocycles. The molecule has 0 bridgehead atoms. The highest BCUT2D eigenvalue weighted by Crippen LogP contribution is 2.44. The molecule has 3 amide bonds. The van der Waals surface area contributed by atoms with Crippen molar-refractivity contribution in [1.82, 2.24) is 15.5 Å². The number of likely N-dealkylation sites (tertiary alicyclic amines) is 1. The Kier molecular flexibility index (Phi) is 4.51. The second-order valence-electron chi connectivity index (χ2n) is 8.28. The number of aryl methyl sites for hydroxylation is 1. The summed E-state index contributed by atoms with van der Waals surface area (Å²) in [5.74, 6) is 0.970. The van der Waals surface area contributed by atoms with Crippen LogP contribution in [0.15, 0.2) is 48.5 Å². The Labute approximate surface area is 170 Å². The molecular weight excluding hydrogens is 364 g/mol. The molecule has 0 aliphatic carbocycles. The SMILES string of the molecule is Cc1ccccc1[C@@H]1[C@H]2CNC[C@H]2CN1C(=O)c1cccc(N2CCNC2=O)c1. The molecule has 6 nitrogen and oxygen atoms in total. The summed E-state index contributed by atoms with van der Waals surface area (Å²) >= 11 is 0. The second-order valence-corrected chi connectivity index (χ2v) is 8.28. The molecule has 6 heteroatoms. The van der Waals surface area contributed by atoms with Crippen LogP contribution in [0.25, 0.3) is 0 Å². The molecular formula is C23H26N4O2. The fourth-order valence-electron chi connectivity index (χ4n) is 5.14. The highest BCUT2D eigenvalue weighted by atomic mass is 16.2. The number of benzene rings is 2. The van der Waals surface area contributed by atoms with Gasteiger partial charge in [-0.25, -0.2) is 4.79 Å². The van der Waals surface area contributed by atoms with Crippen molar-refractivity contribution >= 4 is 17.6 Å². The van der Waals surface area contributed by atoms with Crippen LogP contribution in [0, 0.1) is 18.8 Å². The highest BCUT2D eigenvalue weighted by molar-refractivity contribution is 5.98. The maximum Gasteiger partial charge on any atom is 0.321 e. The van der Waals surface area contributed by atoms with E-state index >= 15 is 0 Å². The van der Waals surface area contributed by atoms with E-state index in [1.807, 2.05) is 24.3 Å². The van der Waals surface area contributed by atoms with Gasteiger partial charge >= 0.3 is 6.03 Å². The lowest BCUT2D eigenvalue weighted by Gasteiger charge is -2.30. The van der Waals surface area contributed by atoms with Gasteiger partial charge < -0.3 is 15.5 Å². The largest absolute Gasteiger partial charge is 0.336 e. The average molecular weight is 390 g/mol. The minimum atomic E-state index is -0.103. The fourth-order valence-corrected chi connectivity index (χ4v) is 5.14. The summed E-state index contributed by atoms with van der Waals surface area (Å²) < 4.78 is 0. The number of nitrogens with zero attached hydrogens (tertiary/aromatic N) is 2. The van der Waals surface area contributed by atoms with Gasteiger partial charge in [-0.1, -0.05) is 30.3 Å². The number of hydrogen-bond acceptors (Lipinski definition) is 3. The van der Waals surface area contributed by atoms with Gasteiger partial charge in [-0.05, 0) is 42.2 Å². The van der Waals surface area contributed by atoms with Crippen LogP contribution in [-0.4, -0.2) is 49.6 Å². The molecule has 0 aromatic heterocycles. The predicted octanol–water partition coefficient (Wildman–Crippen LogP) is 2.56. The van der Waals surface area contributed by atoms with Crippen molar-refractivity contribution in [2.75, 3.05) is 37.6 Å². The van der Waals surface area contributed by atoms with Crippen molar-refractivity contribution in [3.63, 3.8) is 0 Å². The lowest BCUT2D eigenvalue weighted by molar-refractivity contribution is 0.0713. The minimum absolute atomic E-state index is 0.0501. The van der Waals surface area contributed by atoms with E-state index in [4.69, 9.17) is 0 Å². The van der Waals surface area contributed by atoms with E-state index in [1.54, 1.807) is 4.90 Å². The number of hydrogen-bond donors (Lipinski definition) is 2. The Hall–Kier alpha value is -2.86. The summed E-state index contributed by atoms with van der Waals surface area (Å²) in [5.41, 5.74) is 3.89. The lowest BCUT2D eigenvalue weighted by Crippen LogP contribution is -2.35. The molecule has 0 radical (unpaired) electrons. The van der Waals surface area contributed by atoms with Crippen LogP contribution in [0.5, 0.6) is 0 Å². The first kappa shape index (κ1) is 18.2. The standard InChI is InChI=1S/C23H26N4O2/c1-15-5-2-3-8-19(15)21-20-13-24-12-17(20)14-27(21)22(28)16-6-4-7-18(11-16)26-10-9-25-23(26)29/h2-8,11,17,20-21,24H,9-10,12-14H2,1H3,(H,25,29)/t17-,20-,21+/m0/s1. The Balaban J connectivity index is 1.48. The first-order valence-corrected chi connectivity index (χ1v) is 10.4. The second kappa shape index (κ2) is 7.19. The normalized spacial score (nSPS) is 26.0. The van der Waals surface area contributed by atoms with Crippen LogP contribution in [-0.2, 0) is 0 Å². The Bertz CT molecular complexity index is 959. The van der Waals surface area contributed by atoms with Gasteiger partial charge in [-0.2, -0.15) is 0 Å². The number of carbonyl (C=O) groups excluding carboxylic acids is 2. The van der Waals surface area contributed by atoms with Crippen LogP contribution in [0.3, 0.4) is 0 Å². The van der Waals surface area contributed by atoms with Crippen LogP contribution < -0.4 is 15.5 Å². The van der Waals surface area contributed by atoms with Crippen LogP contribution in [0.2, 0.25) is 0 Å². The molecule has 29 heavy (non-hydrogen) atoms. The van der Waals surface area contributed by atoms with Crippen molar-refractivity contribution in [2.45, 2.75) is 13.0 Å². The summed E-state index contributed by atoms with van der Waals surface area (Å²) in [7, 11) is 0. The summed E-state index contributed by atoms with van der Waals surface area (Å²) in [6.07, 6.45) is 0. The van der Waals surface area contributed by atoms with Gasteiger partial charge in [0.05, 0.1) is 6.04 Å². The van der Waals surface area contributed by atoms with Gasteiger partial charge in [-0.15, -0.1) is 0 Å². The maximum absolute atomic E-state index is 13.6. The van der Waals surface area contributed by atoms with E-state index in [0.29, 0.717) is 30.5 Å². The molecule has 2 aromatic carbocycles. The third-order valence-electron chi connectivity index (χ3n) is 6.59. The molecule has 0 saturated carbocycles. The number of rotatable bonds is 3. The maximum atomic E-state index is 13.6. The number of nitrogens with one attached hydrogen (secondary N) is 2. The fraction of sp³-hybridized carbons (Fsp3) is 0.391. The van der Waals surface area contributed by atoms with Crippen LogP contribution in [0.4, 0.5) is 10.5 Å². The van der Waals surface area contributed by atoms with Gasteiger partial charge in [0.1, 0.15) is 0 Å². The average Bonchev–Trinajstić information content (AvgIpc) is 3.44. The zero-order valence-corrected chi connectivity index (χ0v) is 16.6. The third kappa shape index (κ3) is 3.08. The van der Waals surface area contributed by atoms with Crippen LogP contribution in [0.1, 0.15) is 27.5 Å². The van der Waals surface area contributed by atoms with Gasteiger partial charge in [0, 0.05) is 49.9 Å². The number of carbonyl (C=O) groups is 2. The van der Waals surface area contributed by atoms with Gasteiger partial charge in [-0.3, -0.25) is 9.69 Å². The lowest BCUT2D eigenvalue weighted by atomic mass is 9.87. The first-order valence-electron chi connectivity index (χ1n) is 10.4. The van der Waals surface area contributed by atoms with Crippen molar-refractivity contribution < 1.29 is 9.59 Å². The molecule has 2 aromatic rings. The van der Waals surface area contributed by atoms with Crippen molar-refractivity contribution in [3.05, 3.63) is 65.2 Å². The predicted molar refractivity (Wildman–Crippen MR) is 112 cm³/mol. The molecule has 2 N–H and O–H groups in total. The smallest absolute Gasteiger partial charge is 0.321 e. The van der Waals surface area contributed by atoms with Crippen molar-refractivity contribution in [2.24, 2.45) is 11.8 Å². The van der Waals surface area contributed by atoms with E-state index < -0.39 is 0 Å². The first-order chi connectivity index (χ1) is 14.1.